The number of thiol groups is 1. The summed E-state index contributed by atoms with van der Waals surface area (Å²) in [6, 6.07) is 0.309. The van der Waals surface area contributed by atoms with E-state index in [1.165, 1.54) is 6.40 Å². The Morgan fingerprint density at radius 3 is 3.14 bits per heavy atom. The second kappa shape index (κ2) is 2.21. The largest absolute Gasteiger partial charge is 0.481 e. The zero-order chi connectivity index (χ0) is 5.11. The van der Waals surface area contributed by atoms with Crippen LogP contribution in [-0.4, -0.2) is 24.8 Å². The third-order valence-electron chi connectivity index (χ3n) is 0.846. The second-order valence-electron chi connectivity index (χ2n) is 1.42. The predicted octanol–water partition coefficient (Wildman–Crippen LogP) is 0.343. The highest BCUT2D eigenvalue weighted by Gasteiger charge is 2.06. The monoisotopic (exact) mass is 117 g/mol. The van der Waals surface area contributed by atoms with Gasteiger partial charge in [0.1, 0.15) is 6.61 Å². The maximum Gasteiger partial charge on any atom is 0.169 e. The van der Waals surface area contributed by atoms with Gasteiger partial charge in [-0.3, -0.25) is 4.99 Å². The molecule has 0 radical (unpaired) electrons. The Labute approximate surface area is 48.0 Å². The molecule has 2 nitrogen and oxygen atoms in total. The van der Waals surface area contributed by atoms with E-state index < -0.39 is 0 Å². The Morgan fingerprint density at radius 1 is 2.00 bits per heavy atom. The Kier molecular flexibility index (Phi) is 1.57. The quantitative estimate of drug-likeness (QED) is 0.491. The molecule has 1 heterocycles. The van der Waals surface area contributed by atoms with Crippen molar-refractivity contribution in [1.82, 2.24) is 0 Å². The van der Waals surface area contributed by atoms with Gasteiger partial charge in [-0.25, -0.2) is 0 Å². The lowest BCUT2D eigenvalue weighted by molar-refractivity contribution is 0.336. The van der Waals surface area contributed by atoms with E-state index >= 15 is 0 Å². The van der Waals surface area contributed by atoms with E-state index in [4.69, 9.17) is 4.74 Å². The van der Waals surface area contributed by atoms with Crippen LogP contribution in [0.1, 0.15) is 0 Å². The first-order valence-electron chi connectivity index (χ1n) is 2.17. The second-order valence-corrected chi connectivity index (χ2v) is 1.79. The van der Waals surface area contributed by atoms with Crippen LogP contribution < -0.4 is 0 Å². The number of rotatable bonds is 1. The van der Waals surface area contributed by atoms with Gasteiger partial charge in [-0.15, -0.1) is 0 Å². The molecule has 1 rings (SSSR count). The SMILES string of the molecule is SCC1COC=N1. The van der Waals surface area contributed by atoms with Gasteiger partial charge in [0.25, 0.3) is 0 Å². The van der Waals surface area contributed by atoms with Gasteiger partial charge >= 0.3 is 0 Å². The first kappa shape index (κ1) is 4.97. The first-order chi connectivity index (χ1) is 3.43. The lowest BCUT2D eigenvalue weighted by atomic mass is 10.4. The lowest BCUT2D eigenvalue weighted by Crippen LogP contribution is -2.06. The number of nitrogens with zero attached hydrogens (tertiary/aromatic N) is 1. The summed E-state index contributed by atoms with van der Waals surface area (Å²) in [7, 11) is 0. The van der Waals surface area contributed by atoms with Gasteiger partial charge in [0.2, 0.25) is 0 Å². The molecule has 0 aromatic rings. The maximum absolute atomic E-state index is 4.81. The number of aliphatic imine (C=N–C) groups is 1. The van der Waals surface area contributed by atoms with E-state index in [2.05, 4.69) is 17.6 Å². The minimum atomic E-state index is 0.309. The topological polar surface area (TPSA) is 21.6 Å². The van der Waals surface area contributed by atoms with Crippen LogP contribution in [-0.2, 0) is 4.74 Å². The molecule has 0 N–H and O–H groups in total. The van der Waals surface area contributed by atoms with Crippen LogP contribution in [0.5, 0.6) is 0 Å². The van der Waals surface area contributed by atoms with Gasteiger partial charge in [-0.2, -0.15) is 12.6 Å². The van der Waals surface area contributed by atoms with E-state index in [0.29, 0.717) is 12.6 Å². The average molecular weight is 117 g/mol. The van der Waals surface area contributed by atoms with Gasteiger partial charge in [-0.1, -0.05) is 0 Å². The Bertz CT molecular complexity index is 83.8. The number of hydrogen-bond acceptors (Lipinski definition) is 3. The predicted molar refractivity (Wildman–Crippen MR) is 32.1 cm³/mol. The van der Waals surface area contributed by atoms with Crippen LogP contribution in [0.25, 0.3) is 0 Å². The molecular weight excluding hydrogens is 110 g/mol. The summed E-state index contributed by atoms with van der Waals surface area (Å²) in [6.45, 7) is 0.712. The van der Waals surface area contributed by atoms with Crippen molar-refractivity contribution in [2.24, 2.45) is 4.99 Å². The third kappa shape index (κ3) is 1.09. The highest BCUT2D eigenvalue weighted by Crippen LogP contribution is 1.98. The van der Waals surface area contributed by atoms with Crippen LogP contribution in [0.4, 0.5) is 0 Å². The summed E-state index contributed by atoms with van der Waals surface area (Å²) < 4.78 is 4.81. The molecule has 1 atom stereocenters. The molecule has 0 saturated heterocycles. The molecular formula is C4H7NOS. The number of ether oxygens (including phenoxy) is 1. The molecule has 1 aliphatic heterocycles. The lowest BCUT2D eigenvalue weighted by Gasteiger charge is -1.94. The van der Waals surface area contributed by atoms with E-state index in [9.17, 15) is 0 Å². The zero-order valence-corrected chi connectivity index (χ0v) is 4.77. The van der Waals surface area contributed by atoms with Crippen molar-refractivity contribution < 1.29 is 4.74 Å². The van der Waals surface area contributed by atoms with E-state index in [1.54, 1.807) is 0 Å². The molecule has 0 bridgehead atoms. The average Bonchev–Trinajstić information content (AvgIpc) is 2.14. The fraction of sp³-hybridized carbons (Fsp3) is 0.750. The molecule has 0 aromatic heterocycles. The third-order valence-corrected chi connectivity index (χ3v) is 1.27. The van der Waals surface area contributed by atoms with Crippen LogP contribution in [0.15, 0.2) is 4.99 Å². The highest BCUT2D eigenvalue weighted by atomic mass is 32.1. The molecule has 0 aromatic carbocycles. The van der Waals surface area contributed by atoms with Gasteiger partial charge in [0.15, 0.2) is 6.40 Å². The summed E-state index contributed by atoms with van der Waals surface area (Å²) in [4.78, 5) is 3.93. The van der Waals surface area contributed by atoms with E-state index in [-0.39, 0.29) is 0 Å². The van der Waals surface area contributed by atoms with Gasteiger partial charge < -0.3 is 4.74 Å². The van der Waals surface area contributed by atoms with Crippen LogP contribution in [0.2, 0.25) is 0 Å². The summed E-state index contributed by atoms with van der Waals surface area (Å²) in [5.74, 6) is 0.788. The Hall–Kier alpha value is -0.180. The van der Waals surface area contributed by atoms with Crippen molar-refractivity contribution in [3.05, 3.63) is 0 Å². The maximum atomic E-state index is 4.81. The molecule has 0 amide bonds. The minimum absolute atomic E-state index is 0.309. The Morgan fingerprint density at radius 2 is 2.86 bits per heavy atom. The minimum Gasteiger partial charge on any atom is -0.481 e. The first-order valence-corrected chi connectivity index (χ1v) is 2.81. The number of hydrogen-bond donors (Lipinski definition) is 1. The molecule has 1 aliphatic rings. The highest BCUT2D eigenvalue weighted by molar-refractivity contribution is 7.80. The van der Waals surface area contributed by atoms with Gasteiger partial charge in [0, 0.05) is 5.75 Å². The normalized spacial score (nSPS) is 27.9. The fourth-order valence-electron chi connectivity index (χ4n) is 0.426. The van der Waals surface area contributed by atoms with Crippen molar-refractivity contribution in [2.45, 2.75) is 6.04 Å². The van der Waals surface area contributed by atoms with Crippen molar-refractivity contribution in [2.75, 3.05) is 12.4 Å². The summed E-state index contributed by atoms with van der Waals surface area (Å²) in [5.41, 5.74) is 0. The standard InChI is InChI=1S/C4H7NOS/c7-2-4-1-6-3-5-4/h3-4,7H,1-2H2. The molecule has 7 heavy (non-hydrogen) atoms. The molecule has 0 spiro atoms. The van der Waals surface area contributed by atoms with Crippen molar-refractivity contribution in [1.29, 1.82) is 0 Å². The molecule has 40 valence electrons. The Balaban J connectivity index is 2.28. The van der Waals surface area contributed by atoms with Crippen LogP contribution in [0, 0.1) is 0 Å². The van der Waals surface area contributed by atoms with Crippen LogP contribution in [0.3, 0.4) is 0 Å². The summed E-state index contributed by atoms with van der Waals surface area (Å²) in [6.07, 6.45) is 1.49. The zero-order valence-electron chi connectivity index (χ0n) is 3.87. The van der Waals surface area contributed by atoms with Crippen molar-refractivity contribution >= 4 is 19.0 Å². The van der Waals surface area contributed by atoms with Crippen molar-refractivity contribution in [3.8, 4) is 0 Å². The van der Waals surface area contributed by atoms with E-state index in [0.717, 1.165) is 5.75 Å². The molecule has 0 fully saturated rings. The molecule has 3 heteroatoms. The fourth-order valence-corrected chi connectivity index (χ4v) is 0.626. The van der Waals surface area contributed by atoms with Crippen molar-refractivity contribution in [3.63, 3.8) is 0 Å². The smallest absolute Gasteiger partial charge is 0.169 e. The summed E-state index contributed by atoms with van der Waals surface area (Å²) >= 11 is 4.02. The van der Waals surface area contributed by atoms with Gasteiger partial charge in [0.05, 0.1) is 6.04 Å². The van der Waals surface area contributed by atoms with Gasteiger partial charge in [-0.05, 0) is 0 Å². The van der Waals surface area contributed by atoms with Crippen LogP contribution >= 0.6 is 12.6 Å². The van der Waals surface area contributed by atoms with E-state index in [1.807, 2.05) is 0 Å². The molecule has 1 unspecified atom stereocenters. The summed E-state index contributed by atoms with van der Waals surface area (Å²) in [5, 5.41) is 0. The molecule has 0 saturated carbocycles. The molecule has 0 aliphatic carbocycles.